The lowest BCUT2D eigenvalue weighted by molar-refractivity contribution is -0.117. The van der Waals surface area contributed by atoms with Gasteiger partial charge in [0.25, 0.3) is 0 Å². The van der Waals surface area contributed by atoms with Gasteiger partial charge in [-0.15, -0.1) is 0 Å². The van der Waals surface area contributed by atoms with Gasteiger partial charge in [0.2, 0.25) is 11.9 Å². The molecule has 4 heterocycles. The molecule has 2 saturated heterocycles. The van der Waals surface area contributed by atoms with Crippen molar-refractivity contribution in [3.8, 4) is 22.8 Å². The quantitative estimate of drug-likeness (QED) is 0.316. The number of aromatic nitrogens is 3. The number of pyridine rings is 1. The lowest BCUT2D eigenvalue weighted by atomic mass is 9.94. The van der Waals surface area contributed by atoms with Crippen molar-refractivity contribution in [1.29, 1.82) is 0 Å². The second-order valence-electron chi connectivity index (χ2n) is 10.7. The number of piperidine rings is 1. The topological polar surface area (TPSA) is 131 Å². The number of hydrogen-bond donors (Lipinski definition) is 3. The zero-order valence-corrected chi connectivity index (χ0v) is 25.3. The van der Waals surface area contributed by atoms with E-state index in [1.54, 1.807) is 12.3 Å². The Bertz CT molecular complexity index is 1470. The van der Waals surface area contributed by atoms with Crippen LogP contribution in [0.5, 0.6) is 11.5 Å². The molecule has 2 aliphatic rings. The molecule has 0 spiro atoms. The Labute approximate surface area is 254 Å². The predicted molar refractivity (Wildman–Crippen MR) is 163 cm³/mol. The van der Waals surface area contributed by atoms with Crippen LogP contribution in [0.15, 0.2) is 31.0 Å². The Morgan fingerprint density at radius 2 is 1.86 bits per heavy atom. The number of aliphatic hydroxyl groups is 1. The Kier molecular flexibility index (Phi) is 8.93. The molecule has 2 aliphatic heterocycles. The van der Waals surface area contributed by atoms with Gasteiger partial charge in [0.05, 0.1) is 54.3 Å². The number of hydrogen-bond acceptors (Lipinski definition) is 10. The van der Waals surface area contributed by atoms with Gasteiger partial charge in [-0.25, -0.2) is 15.0 Å². The highest BCUT2D eigenvalue weighted by Crippen LogP contribution is 2.46. The van der Waals surface area contributed by atoms with Gasteiger partial charge in [0.1, 0.15) is 17.0 Å². The molecule has 2 fully saturated rings. The number of halogens is 2. The summed E-state index contributed by atoms with van der Waals surface area (Å²) < 4.78 is 16.6. The highest BCUT2D eigenvalue weighted by molar-refractivity contribution is 6.41. The summed E-state index contributed by atoms with van der Waals surface area (Å²) in [7, 11) is 3.04. The van der Waals surface area contributed by atoms with Crippen LogP contribution in [0.25, 0.3) is 22.2 Å². The molecule has 2 atom stereocenters. The average Bonchev–Trinajstić information content (AvgIpc) is 2.98. The maximum atomic E-state index is 12.0. The Hall–Kier alpha value is -3.38. The van der Waals surface area contributed by atoms with Crippen LogP contribution >= 0.6 is 23.2 Å². The molecule has 0 unspecified atom stereocenters. The number of fused-ring (bicyclic) bond motifs is 1. The molecular weight excluding hydrogens is 583 g/mol. The lowest BCUT2D eigenvalue weighted by Crippen LogP contribution is -2.52. The number of ether oxygens (including phenoxy) is 3. The first-order valence-electron chi connectivity index (χ1n) is 13.7. The van der Waals surface area contributed by atoms with Crippen molar-refractivity contribution in [2.45, 2.75) is 43.9 Å². The van der Waals surface area contributed by atoms with Crippen molar-refractivity contribution >= 4 is 51.8 Å². The Morgan fingerprint density at radius 3 is 2.50 bits per heavy atom. The van der Waals surface area contributed by atoms with E-state index in [1.807, 2.05) is 13.0 Å². The van der Waals surface area contributed by atoms with Crippen LogP contribution in [0.2, 0.25) is 10.0 Å². The summed E-state index contributed by atoms with van der Waals surface area (Å²) in [6.07, 6.45) is 4.73. The van der Waals surface area contributed by atoms with Crippen LogP contribution in [-0.4, -0.2) is 84.2 Å². The van der Waals surface area contributed by atoms with Gasteiger partial charge >= 0.3 is 0 Å². The van der Waals surface area contributed by atoms with Crippen LogP contribution < -0.4 is 25.0 Å². The first-order chi connectivity index (χ1) is 20.1. The van der Waals surface area contributed by atoms with Gasteiger partial charge in [-0.05, 0) is 38.3 Å². The summed E-state index contributed by atoms with van der Waals surface area (Å²) in [4.78, 5) is 28.6. The highest BCUT2D eigenvalue weighted by Gasteiger charge is 2.31. The maximum absolute atomic E-state index is 12.0. The van der Waals surface area contributed by atoms with Crippen molar-refractivity contribution in [1.82, 2.24) is 20.3 Å². The molecule has 3 N–H and O–H groups in total. The molecule has 224 valence electrons. The number of carbonyl (C=O) groups is 1. The van der Waals surface area contributed by atoms with Gasteiger partial charge in [-0.1, -0.05) is 29.8 Å². The summed E-state index contributed by atoms with van der Waals surface area (Å²) in [5, 5.41) is 18.2. The third kappa shape index (κ3) is 6.19. The predicted octanol–water partition coefficient (Wildman–Crippen LogP) is 4.24. The van der Waals surface area contributed by atoms with Gasteiger partial charge in [-0.3, -0.25) is 4.79 Å². The second kappa shape index (κ2) is 12.5. The van der Waals surface area contributed by atoms with Crippen molar-refractivity contribution in [3.05, 3.63) is 41.0 Å². The average molecular weight is 618 g/mol. The molecule has 0 bridgehead atoms. The van der Waals surface area contributed by atoms with E-state index >= 15 is 0 Å². The largest absolute Gasteiger partial charge is 0.495 e. The maximum Gasteiger partial charge on any atom is 0.243 e. The minimum Gasteiger partial charge on any atom is -0.495 e. The minimum atomic E-state index is -0.760. The van der Waals surface area contributed by atoms with E-state index < -0.39 is 5.60 Å². The minimum absolute atomic E-state index is 0.180. The van der Waals surface area contributed by atoms with E-state index in [2.05, 4.69) is 27.1 Å². The summed E-state index contributed by atoms with van der Waals surface area (Å²) in [5.41, 5.74) is 0.816. The molecule has 5 rings (SSSR count). The normalized spacial score (nSPS) is 20.2. The van der Waals surface area contributed by atoms with E-state index in [9.17, 15) is 9.90 Å². The lowest BCUT2D eigenvalue weighted by Gasteiger charge is -2.37. The fourth-order valence-corrected chi connectivity index (χ4v) is 5.91. The number of amides is 1. The number of anilines is 2. The van der Waals surface area contributed by atoms with Gasteiger partial charge in [0, 0.05) is 42.9 Å². The van der Waals surface area contributed by atoms with Crippen molar-refractivity contribution in [2.24, 2.45) is 0 Å². The van der Waals surface area contributed by atoms with E-state index in [1.165, 1.54) is 20.3 Å². The van der Waals surface area contributed by atoms with E-state index in [4.69, 9.17) is 47.4 Å². The highest BCUT2D eigenvalue weighted by atomic mass is 35.5. The van der Waals surface area contributed by atoms with Crippen LogP contribution in [0.4, 0.5) is 11.8 Å². The fraction of sp³-hybridized carbons (Fsp3) is 0.448. The first-order valence-corrected chi connectivity index (χ1v) is 14.4. The standard InChI is InChI=1S/C29H34Cl2N6O5/c1-5-22(38)33-17-6-11-42-15-19(17)35-28-32-14-16-12-18(23-24(30)20(40-3)13-21(41-4)25(23)31)34-27(26(16)36-28)37-9-7-29(2,39)8-10-37/h5,12-14,17,19,39H,1,6-11,15H2,2-4H3,(H,33,38)(H,32,35,36)/t17-,19+/m0/s1. The van der Waals surface area contributed by atoms with Crippen LogP contribution in [0.1, 0.15) is 26.2 Å². The van der Waals surface area contributed by atoms with Crippen LogP contribution in [-0.2, 0) is 9.53 Å². The van der Waals surface area contributed by atoms with Crippen LogP contribution in [0, 0.1) is 0 Å². The van der Waals surface area contributed by atoms with E-state index in [0.717, 1.165) is 0 Å². The van der Waals surface area contributed by atoms with Crippen molar-refractivity contribution in [2.75, 3.05) is 50.7 Å². The van der Waals surface area contributed by atoms with Gasteiger partial charge in [-0.2, -0.15) is 0 Å². The molecular formula is C29H34Cl2N6O5. The number of nitrogens with zero attached hydrogens (tertiary/aromatic N) is 4. The molecule has 0 aliphatic carbocycles. The monoisotopic (exact) mass is 616 g/mol. The number of rotatable bonds is 8. The smallest absolute Gasteiger partial charge is 0.243 e. The molecule has 3 aromatic rings. The third-order valence-corrected chi connectivity index (χ3v) is 8.45. The first kappa shape index (κ1) is 30.1. The molecule has 1 aromatic carbocycles. The number of carbonyl (C=O) groups excluding carboxylic acids is 1. The van der Waals surface area contributed by atoms with Gasteiger partial charge in [0.15, 0.2) is 5.82 Å². The molecule has 0 radical (unpaired) electrons. The van der Waals surface area contributed by atoms with E-state index in [0.29, 0.717) is 101 Å². The fourth-order valence-electron chi connectivity index (χ4n) is 5.21. The zero-order valence-electron chi connectivity index (χ0n) is 23.7. The number of methoxy groups -OCH3 is 2. The summed E-state index contributed by atoms with van der Waals surface area (Å²) in [6.45, 7) is 7.44. The van der Waals surface area contributed by atoms with Gasteiger partial charge < -0.3 is 34.9 Å². The molecule has 1 amide bonds. The van der Waals surface area contributed by atoms with Crippen LogP contribution in [0.3, 0.4) is 0 Å². The Morgan fingerprint density at radius 1 is 1.17 bits per heavy atom. The Balaban J connectivity index is 1.60. The van der Waals surface area contributed by atoms with Crippen molar-refractivity contribution < 1.29 is 24.1 Å². The summed E-state index contributed by atoms with van der Waals surface area (Å²) >= 11 is 13.5. The zero-order chi connectivity index (χ0) is 30.0. The molecule has 13 heteroatoms. The summed E-state index contributed by atoms with van der Waals surface area (Å²) in [6, 6.07) is 3.03. The van der Waals surface area contributed by atoms with Crippen molar-refractivity contribution in [3.63, 3.8) is 0 Å². The van der Waals surface area contributed by atoms with E-state index in [-0.39, 0.29) is 18.0 Å². The third-order valence-electron chi connectivity index (χ3n) is 7.70. The number of benzene rings is 1. The second-order valence-corrected chi connectivity index (χ2v) is 11.4. The molecule has 2 aromatic heterocycles. The molecule has 11 nitrogen and oxygen atoms in total. The SMILES string of the molecule is C=CC(=O)N[C@H]1CCOC[C@H]1Nc1ncc2cc(-c3c(Cl)c(OC)cc(OC)c3Cl)nc(N3CCC(C)(O)CC3)c2n1. The number of nitrogens with one attached hydrogen (secondary N) is 2. The summed E-state index contributed by atoms with van der Waals surface area (Å²) in [5.74, 6) is 1.52. The molecule has 42 heavy (non-hydrogen) atoms. The molecule has 0 saturated carbocycles.